The lowest BCUT2D eigenvalue weighted by molar-refractivity contribution is 0.218. The van der Waals surface area contributed by atoms with Crippen LogP contribution in [0.3, 0.4) is 0 Å². The first-order valence-electron chi connectivity index (χ1n) is 10.5. The summed E-state index contributed by atoms with van der Waals surface area (Å²) in [5.74, 6) is 2.79. The van der Waals surface area contributed by atoms with Gasteiger partial charge in [-0.3, -0.25) is 0 Å². The summed E-state index contributed by atoms with van der Waals surface area (Å²) in [7, 11) is 0. The van der Waals surface area contributed by atoms with E-state index in [-0.39, 0.29) is 11.7 Å². The molecule has 2 aliphatic carbocycles. The molecule has 0 unspecified atom stereocenters. The summed E-state index contributed by atoms with van der Waals surface area (Å²) in [6, 6.07) is 7.27. The molecular weight excluding hydrogens is 353 g/mol. The molecule has 0 saturated heterocycles. The largest absolute Gasteiger partial charge is 0.421 e. The minimum atomic E-state index is -0.336. The second kappa shape index (κ2) is 8.16. The van der Waals surface area contributed by atoms with Crippen LogP contribution < -0.4 is 5.32 Å². The predicted octanol–water partition coefficient (Wildman–Crippen LogP) is 5.02. The zero-order valence-corrected chi connectivity index (χ0v) is 17.0. The number of aromatic nitrogens is 2. The molecule has 1 saturated carbocycles. The Morgan fingerprint density at radius 2 is 2.00 bits per heavy atom. The molecule has 0 radical (unpaired) electrons. The van der Waals surface area contributed by atoms with Gasteiger partial charge in [0.25, 0.3) is 5.89 Å². The van der Waals surface area contributed by atoms with Crippen LogP contribution in [-0.4, -0.2) is 22.8 Å². The minimum absolute atomic E-state index is 0.262. The summed E-state index contributed by atoms with van der Waals surface area (Å²) in [6.45, 7) is 7.95. The highest BCUT2D eigenvalue weighted by Crippen LogP contribution is 2.39. The van der Waals surface area contributed by atoms with Gasteiger partial charge in [-0.05, 0) is 62.0 Å². The van der Waals surface area contributed by atoms with E-state index in [0.717, 1.165) is 25.4 Å². The van der Waals surface area contributed by atoms with Gasteiger partial charge in [0.15, 0.2) is 0 Å². The smallest absolute Gasteiger partial charge is 0.250 e. The van der Waals surface area contributed by atoms with Crippen LogP contribution in [0.1, 0.15) is 45.9 Å². The van der Waals surface area contributed by atoms with Gasteiger partial charge in [-0.25, -0.2) is 4.39 Å². The molecule has 4 nitrogen and oxygen atoms in total. The average molecular weight is 384 g/mol. The molecule has 2 aliphatic rings. The van der Waals surface area contributed by atoms with Crippen LogP contribution in [0.5, 0.6) is 0 Å². The maximum Gasteiger partial charge on any atom is 0.250 e. The van der Waals surface area contributed by atoms with Crippen LogP contribution >= 0.6 is 0 Å². The summed E-state index contributed by atoms with van der Waals surface area (Å²) in [5.41, 5.74) is 1.77. The van der Waals surface area contributed by atoms with Crippen molar-refractivity contribution >= 4 is 0 Å². The summed E-state index contributed by atoms with van der Waals surface area (Å²) in [5, 5.41) is 12.0. The molecule has 0 amide bonds. The van der Waals surface area contributed by atoms with Gasteiger partial charge in [0.1, 0.15) is 5.82 Å². The van der Waals surface area contributed by atoms with E-state index in [9.17, 15) is 4.39 Å². The number of benzene rings is 1. The van der Waals surface area contributed by atoms with E-state index in [1.807, 2.05) is 0 Å². The first-order valence-corrected chi connectivity index (χ1v) is 10.5. The predicted molar refractivity (Wildman–Crippen MR) is 108 cm³/mol. The van der Waals surface area contributed by atoms with Crippen LogP contribution in [0, 0.1) is 29.5 Å². The van der Waals surface area contributed by atoms with Gasteiger partial charge in [-0.15, -0.1) is 10.2 Å². The van der Waals surface area contributed by atoms with Crippen molar-refractivity contribution in [2.75, 3.05) is 6.54 Å². The molecule has 2 aromatic rings. The fourth-order valence-corrected chi connectivity index (χ4v) is 4.39. The molecule has 1 aromatic heterocycles. The lowest BCUT2D eigenvalue weighted by Gasteiger charge is -2.37. The molecule has 1 N–H and O–H groups in total. The van der Waals surface area contributed by atoms with Crippen LogP contribution in [0.15, 0.2) is 40.3 Å². The van der Waals surface area contributed by atoms with E-state index in [1.54, 1.807) is 18.2 Å². The Kier molecular flexibility index (Phi) is 5.63. The first kappa shape index (κ1) is 19.3. The molecule has 1 aromatic carbocycles. The van der Waals surface area contributed by atoms with Crippen molar-refractivity contribution in [3.05, 3.63) is 47.6 Å². The molecule has 4 rings (SSSR count). The van der Waals surface area contributed by atoms with Gasteiger partial charge in [0.2, 0.25) is 5.89 Å². The minimum Gasteiger partial charge on any atom is -0.421 e. The standard InChI is InChI=1S/C23H30FN3O/c1-14(2)20-11-16(15(3)10-17(20)13-25-18-8-9-18)12-22-26-27-23(28-22)19-6-4-5-7-21(19)24/h4-7,10,14,16-18,20,25H,8-9,11-13H2,1-3H3/t16-,17-,20-/m0/s1. The van der Waals surface area contributed by atoms with E-state index >= 15 is 0 Å². The second-order valence-electron chi connectivity index (χ2n) is 8.78. The Hall–Kier alpha value is -2.01. The number of rotatable bonds is 7. The van der Waals surface area contributed by atoms with Gasteiger partial charge >= 0.3 is 0 Å². The molecule has 5 heteroatoms. The van der Waals surface area contributed by atoms with Gasteiger partial charge in [-0.2, -0.15) is 0 Å². The summed E-state index contributed by atoms with van der Waals surface area (Å²) >= 11 is 0. The van der Waals surface area contributed by atoms with Gasteiger partial charge in [0.05, 0.1) is 5.56 Å². The number of nitrogens with one attached hydrogen (secondary N) is 1. The molecular formula is C23H30FN3O. The number of hydrogen-bond donors (Lipinski definition) is 1. The lowest BCUT2D eigenvalue weighted by Crippen LogP contribution is -2.35. The van der Waals surface area contributed by atoms with Crippen molar-refractivity contribution < 1.29 is 8.81 Å². The molecule has 150 valence electrons. The number of allylic oxidation sites excluding steroid dienone is 1. The zero-order chi connectivity index (χ0) is 19.7. The van der Waals surface area contributed by atoms with Crippen molar-refractivity contribution in [1.29, 1.82) is 0 Å². The normalized spacial score (nSPS) is 25.2. The lowest BCUT2D eigenvalue weighted by atomic mass is 9.70. The monoisotopic (exact) mass is 383 g/mol. The van der Waals surface area contributed by atoms with Crippen molar-refractivity contribution in [1.82, 2.24) is 15.5 Å². The average Bonchev–Trinajstić information content (AvgIpc) is 3.39. The van der Waals surface area contributed by atoms with Gasteiger partial charge in [0, 0.05) is 19.0 Å². The van der Waals surface area contributed by atoms with Crippen molar-refractivity contribution in [2.24, 2.45) is 23.7 Å². The molecule has 1 fully saturated rings. The van der Waals surface area contributed by atoms with Crippen molar-refractivity contribution in [3.8, 4) is 11.5 Å². The summed E-state index contributed by atoms with van der Waals surface area (Å²) in [6.07, 6.45) is 6.96. The Morgan fingerprint density at radius 3 is 2.71 bits per heavy atom. The zero-order valence-electron chi connectivity index (χ0n) is 17.0. The molecule has 1 heterocycles. The van der Waals surface area contributed by atoms with E-state index in [0.29, 0.717) is 35.1 Å². The Bertz CT molecular complexity index is 840. The van der Waals surface area contributed by atoms with Crippen LogP contribution in [-0.2, 0) is 6.42 Å². The number of nitrogens with zero attached hydrogens (tertiary/aromatic N) is 2. The van der Waals surface area contributed by atoms with Gasteiger partial charge in [-0.1, -0.05) is 37.6 Å². The highest BCUT2D eigenvalue weighted by Gasteiger charge is 2.33. The van der Waals surface area contributed by atoms with Crippen LogP contribution in [0.25, 0.3) is 11.5 Å². The fourth-order valence-electron chi connectivity index (χ4n) is 4.39. The first-order chi connectivity index (χ1) is 13.5. The Balaban J connectivity index is 1.47. The fraction of sp³-hybridized carbons (Fsp3) is 0.565. The molecule has 0 aliphatic heterocycles. The van der Waals surface area contributed by atoms with E-state index in [2.05, 4.69) is 42.4 Å². The molecule has 28 heavy (non-hydrogen) atoms. The third-order valence-corrected chi connectivity index (χ3v) is 6.30. The van der Waals surface area contributed by atoms with Crippen molar-refractivity contribution in [2.45, 2.75) is 52.5 Å². The maximum absolute atomic E-state index is 14.0. The van der Waals surface area contributed by atoms with Crippen LogP contribution in [0.2, 0.25) is 0 Å². The number of halogens is 1. The topological polar surface area (TPSA) is 51.0 Å². The third kappa shape index (κ3) is 4.35. The van der Waals surface area contributed by atoms with E-state index in [4.69, 9.17) is 4.42 Å². The van der Waals surface area contributed by atoms with Crippen LogP contribution in [0.4, 0.5) is 4.39 Å². The second-order valence-corrected chi connectivity index (χ2v) is 8.78. The highest BCUT2D eigenvalue weighted by atomic mass is 19.1. The van der Waals surface area contributed by atoms with E-state index in [1.165, 1.54) is 24.5 Å². The van der Waals surface area contributed by atoms with E-state index < -0.39 is 0 Å². The quantitative estimate of drug-likeness (QED) is 0.682. The summed E-state index contributed by atoms with van der Waals surface area (Å²) < 4.78 is 19.8. The molecule has 3 atom stereocenters. The highest BCUT2D eigenvalue weighted by molar-refractivity contribution is 5.53. The molecule has 0 spiro atoms. The molecule has 0 bridgehead atoms. The maximum atomic E-state index is 14.0. The third-order valence-electron chi connectivity index (χ3n) is 6.30. The summed E-state index contributed by atoms with van der Waals surface area (Å²) in [4.78, 5) is 0. The SMILES string of the molecule is CC1=C[C@@H](CNC2CC2)[C@H](C(C)C)C[C@H]1Cc1nnc(-c2ccccc2F)o1. The Labute approximate surface area is 166 Å². The Morgan fingerprint density at radius 1 is 1.21 bits per heavy atom. The van der Waals surface area contributed by atoms with Gasteiger partial charge < -0.3 is 9.73 Å². The van der Waals surface area contributed by atoms with Crippen molar-refractivity contribution in [3.63, 3.8) is 0 Å². The number of hydrogen-bond acceptors (Lipinski definition) is 4.